The Kier molecular flexibility index (Phi) is 3.85. The maximum atomic E-state index is 12.0. The molecule has 0 saturated carbocycles. The summed E-state index contributed by atoms with van der Waals surface area (Å²) in [6.45, 7) is 3.57. The van der Waals surface area contributed by atoms with Gasteiger partial charge >= 0.3 is 0 Å². The highest BCUT2D eigenvalue weighted by Crippen LogP contribution is 2.28. The van der Waals surface area contributed by atoms with Crippen molar-refractivity contribution in [3.63, 3.8) is 0 Å². The molecular formula is C14H13BrN2O2. The highest BCUT2D eigenvalue weighted by molar-refractivity contribution is 9.10. The third-order valence-electron chi connectivity index (χ3n) is 2.84. The second-order valence-corrected chi connectivity index (χ2v) is 5.14. The Morgan fingerprint density at radius 2 is 2.00 bits per heavy atom. The number of nitrogens with zero attached hydrogens (tertiary/aromatic N) is 1. The van der Waals surface area contributed by atoms with Gasteiger partial charge in [0, 0.05) is 21.9 Å². The van der Waals surface area contributed by atoms with Gasteiger partial charge in [0.2, 0.25) is 0 Å². The number of nitrogens with one attached hydrogen (secondary N) is 1. The number of carbonyl (C=O) groups is 1. The van der Waals surface area contributed by atoms with Gasteiger partial charge < -0.3 is 10.4 Å². The van der Waals surface area contributed by atoms with E-state index >= 15 is 0 Å². The number of carbonyl (C=O) groups excluding carboxylic acids is 1. The van der Waals surface area contributed by atoms with Crippen LogP contribution >= 0.6 is 15.9 Å². The number of hydrogen-bond donors (Lipinski definition) is 2. The summed E-state index contributed by atoms with van der Waals surface area (Å²) in [7, 11) is 0. The average Bonchev–Trinajstić information content (AvgIpc) is 2.40. The second kappa shape index (κ2) is 5.40. The quantitative estimate of drug-likeness (QED) is 0.891. The van der Waals surface area contributed by atoms with Crippen molar-refractivity contribution >= 4 is 27.5 Å². The van der Waals surface area contributed by atoms with Crippen LogP contribution in [0.3, 0.4) is 0 Å². The van der Waals surface area contributed by atoms with E-state index < -0.39 is 0 Å². The van der Waals surface area contributed by atoms with Crippen molar-refractivity contribution in [1.82, 2.24) is 4.98 Å². The van der Waals surface area contributed by atoms with Gasteiger partial charge in [-0.1, -0.05) is 6.07 Å². The first-order valence-electron chi connectivity index (χ1n) is 5.71. The Balaban J connectivity index is 2.24. The Morgan fingerprint density at radius 1 is 1.26 bits per heavy atom. The molecule has 0 fully saturated rings. The van der Waals surface area contributed by atoms with E-state index in [1.807, 2.05) is 6.92 Å². The molecule has 1 aromatic heterocycles. The molecule has 2 rings (SSSR count). The number of halogens is 1. The summed E-state index contributed by atoms with van der Waals surface area (Å²) in [5.74, 6) is -0.111. The smallest absolute Gasteiger partial charge is 0.274 e. The molecule has 1 aromatic carbocycles. The first kappa shape index (κ1) is 13.5. The predicted octanol–water partition coefficient (Wildman–Crippen LogP) is 3.42. The van der Waals surface area contributed by atoms with Crippen molar-refractivity contribution in [1.29, 1.82) is 0 Å². The van der Waals surface area contributed by atoms with E-state index in [-0.39, 0.29) is 11.7 Å². The van der Waals surface area contributed by atoms with Crippen LogP contribution in [0.15, 0.2) is 34.9 Å². The van der Waals surface area contributed by atoms with Crippen LogP contribution in [0.2, 0.25) is 0 Å². The molecule has 0 aliphatic rings. The van der Waals surface area contributed by atoms with E-state index in [4.69, 9.17) is 0 Å². The number of pyridine rings is 1. The van der Waals surface area contributed by atoms with E-state index in [0.29, 0.717) is 16.9 Å². The van der Waals surface area contributed by atoms with Crippen LogP contribution in [-0.4, -0.2) is 16.0 Å². The number of hydrogen-bond acceptors (Lipinski definition) is 3. The maximum Gasteiger partial charge on any atom is 0.274 e. The third kappa shape index (κ3) is 2.93. The number of benzene rings is 1. The Labute approximate surface area is 119 Å². The SMILES string of the molecule is Cc1ccc(NC(=O)c2ccc(Br)cn2)c(C)c1O. The van der Waals surface area contributed by atoms with Crippen molar-refractivity contribution in [2.24, 2.45) is 0 Å². The highest BCUT2D eigenvalue weighted by Gasteiger charge is 2.11. The van der Waals surface area contributed by atoms with E-state index in [0.717, 1.165) is 10.0 Å². The summed E-state index contributed by atoms with van der Waals surface area (Å²) >= 11 is 3.26. The van der Waals surface area contributed by atoms with Crippen LogP contribution in [0, 0.1) is 13.8 Å². The topological polar surface area (TPSA) is 62.2 Å². The number of phenolic OH excluding ortho intramolecular Hbond substituents is 1. The van der Waals surface area contributed by atoms with Crippen molar-refractivity contribution in [2.75, 3.05) is 5.32 Å². The zero-order chi connectivity index (χ0) is 14.0. The van der Waals surface area contributed by atoms with Crippen molar-refractivity contribution in [2.45, 2.75) is 13.8 Å². The lowest BCUT2D eigenvalue weighted by Gasteiger charge is -2.11. The van der Waals surface area contributed by atoms with Gasteiger partial charge in [-0.05, 0) is 53.5 Å². The molecule has 0 spiro atoms. The first-order valence-corrected chi connectivity index (χ1v) is 6.50. The van der Waals surface area contributed by atoms with Crippen molar-refractivity contribution in [3.8, 4) is 5.75 Å². The van der Waals surface area contributed by atoms with Gasteiger partial charge in [0.15, 0.2) is 0 Å². The molecule has 0 saturated heterocycles. The molecule has 1 heterocycles. The maximum absolute atomic E-state index is 12.0. The summed E-state index contributed by atoms with van der Waals surface area (Å²) in [6, 6.07) is 6.90. The molecule has 98 valence electrons. The second-order valence-electron chi connectivity index (χ2n) is 4.22. The minimum atomic E-state index is -0.307. The Morgan fingerprint density at radius 3 is 2.63 bits per heavy atom. The predicted molar refractivity (Wildman–Crippen MR) is 77.5 cm³/mol. The number of amides is 1. The monoisotopic (exact) mass is 320 g/mol. The molecule has 0 aliphatic heterocycles. The standard InChI is InChI=1S/C14H13BrN2O2/c1-8-3-5-11(9(2)13(8)18)17-14(19)12-6-4-10(15)7-16-12/h3-7,18H,1-2H3,(H,17,19). The fourth-order valence-electron chi connectivity index (χ4n) is 1.67. The zero-order valence-corrected chi connectivity index (χ0v) is 12.2. The third-order valence-corrected chi connectivity index (χ3v) is 3.31. The van der Waals surface area contributed by atoms with E-state index in [2.05, 4.69) is 26.2 Å². The van der Waals surface area contributed by atoms with Gasteiger partial charge in [-0.25, -0.2) is 4.98 Å². The van der Waals surface area contributed by atoms with Gasteiger partial charge in [-0.3, -0.25) is 4.79 Å². The lowest BCUT2D eigenvalue weighted by Crippen LogP contribution is -2.14. The number of anilines is 1. The first-order chi connectivity index (χ1) is 8.99. The molecule has 0 bridgehead atoms. The van der Waals surface area contributed by atoms with Gasteiger partial charge in [0.25, 0.3) is 5.91 Å². The van der Waals surface area contributed by atoms with Gasteiger partial charge in [-0.2, -0.15) is 0 Å². The van der Waals surface area contributed by atoms with E-state index in [1.165, 1.54) is 0 Å². The normalized spacial score (nSPS) is 10.3. The number of rotatable bonds is 2. The molecule has 0 unspecified atom stereocenters. The Hall–Kier alpha value is -1.88. The van der Waals surface area contributed by atoms with Crippen LogP contribution in [0.25, 0.3) is 0 Å². The minimum absolute atomic E-state index is 0.196. The van der Waals surface area contributed by atoms with Gasteiger partial charge in [0.1, 0.15) is 11.4 Å². The van der Waals surface area contributed by atoms with Crippen molar-refractivity contribution < 1.29 is 9.90 Å². The molecule has 2 N–H and O–H groups in total. The number of phenols is 1. The molecule has 19 heavy (non-hydrogen) atoms. The molecule has 2 aromatic rings. The number of aromatic hydroxyl groups is 1. The van der Waals surface area contributed by atoms with Crippen LogP contribution < -0.4 is 5.32 Å². The molecule has 5 heteroatoms. The summed E-state index contributed by atoms with van der Waals surface area (Å²) in [5, 5.41) is 12.6. The van der Waals surface area contributed by atoms with E-state index in [9.17, 15) is 9.90 Å². The summed E-state index contributed by atoms with van der Waals surface area (Å²) in [4.78, 5) is 16.0. The van der Waals surface area contributed by atoms with Gasteiger partial charge in [0.05, 0.1) is 0 Å². The largest absolute Gasteiger partial charge is 0.507 e. The lowest BCUT2D eigenvalue weighted by atomic mass is 10.1. The number of aromatic nitrogens is 1. The molecule has 4 nitrogen and oxygen atoms in total. The minimum Gasteiger partial charge on any atom is -0.507 e. The molecular weight excluding hydrogens is 308 g/mol. The lowest BCUT2D eigenvalue weighted by molar-refractivity contribution is 0.102. The fraction of sp³-hybridized carbons (Fsp3) is 0.143. The van der Waals surface area contributed by atoms with Crippen LogP contribution in [0.5, 0.6) is 5.75 Å². The Bertz CT molecular complexity index is 624. The summed E-state index contributed by atoms with van der Waals surface area (Å²) in [5.41, 5.74) is 2.32. The summed E-state index contributed by atoms with van der Waals surface area (Å²) in [6.07, 6.45) is 1.56. The highest BCUT2D eigenvalue weighted by atomic mass is 79.9. The zero-order valence-electron chi connectivity index (χ0n) is 10.6. The van der Waals surface area contributed by atoms with Crippen LogP contribution in [-0.2, 0) is 0 Å². The van der Waals surface area contributed by atoms with Gasteiger partial charge in [-0.15, -0.1) is 0 Å². The molecule has 0 radical (unpaired) electrons. The average molecular weight is 321 g/mol. The molecule has 0 aliphatic carbocycles. The fourth-order valence-corrected chi connectivity index (χ4v) is 1.90. The number of aryl methyl sites for hydroxylation is 1. The molecule has 1 amide bonds. The van der Waals surface area contributed by atoms with Crippen LogP contribution in [0.1, 0.15) is 21.6 Å². The van der Waals surface area contributed by atoms with E-state index in [1.54, 1.807) is 37.4 Å². The molecule has 0 atom stereocenters. The van der Waals surface area contributed by atoms with Crippen molar-refractivity contribution in [3.05, 3.63) is 51.8 Å². The summed E-state index contributed by atoms with van der Waals surface area (Å²) < 4.78 is 0.813. The van der Waals surface area contributed by atoms with Crippen LogP contribution in [0.4, 0.5) is 5.69 Å².